The number of hydrogen-bond acceptors (Lipinski definition) is 4. The fraction of sp³-hybridized carbons (Fsp3) is 0.316. The first-order chi connectivity index (χ1) is 12.5. The molecule has 1 aliphatic heterocycles. The molecular formula is C19H21N3O4. The molecule has 2 aromatic rings. The molecule has 0 radical (unpaired) electrons. The van der Waals surface area contributed by atoms with Gasteiger partial charge < -0.3 is 9.32 Å². The summed E-state index contributed by atoms with van der Waals surface area (Å²) in [5.41, 5.74) is 7.04. The Bertz CT molecular complexity index is 843. The first-order valence-corrected chi connectivity index (χ1v) is 8.53. The van der Waals surface area contributed by atoms with Gasteiger partial charge in [-0.05, 0) is 37.1 Å². The van der Waals surface area contributed by atoms with E-state index in [1.807, 2.05) is 31.2 Å². The Balaban J connectivity index is 1.60. The molecule has 0 saturated carbocycles. The molecule has 1 aliphatic rings. The van der Waals surface area contributed by atoms with E-state index >= 15 is 0 Å². The number of furan rings is 1. The van der Waals surface area contributed by atoms with Crippen molar-refractivity contribution in [2.75, 3.05) is 11.4 Å². The number of amides is 3. The van der Waals surface area contributed by atoms with E-state index in [1.54, 1.807) is 11.8 Å². The second-order valence-electron chi connectivity index (χ2n) is 6.26. The highest BCUT2D eigenvalue weighted by atomic mass is 16.3. The van der Waals surface area contributed by atoms with Gasteiger partial charge in [0, 0.05) is 18.7 Å². The lowest BCUT2D eigenvalue weighted by Crippen LogP contribution is -2.45. The van der Waals surface area contributed by atoms with Crippen molar-refractivity contribution in [1.82, 2.24) is 10.9 Å². The van der Waals surface area contributed by atoms with Crippen LogP contribution in [0.15, 0.2) is 41.0 Å². The lowest BCUT2D eigenvalue weighted by molar-refractivity contribution is -0.126. The zero-order valence-corrected chi connectivity index (χ0v) is 14.7. The van der Waals surface area contributed by atoms with Crippen LogP contribution in [0.5, 0.6) is 0 Å². The fourth-order valence-electron chi connectivity index (χ4n) is 2.99. The maximum atomic E-state index is 12.3. The molecule has 7 nitrogen and oxygen atoms in total. The standard InChI is InChI=1S/C19H21N3O4/c1-3-13-5-4-6-15(9-13)22-11-14(10-17(22)23)18(24)20-21-19(25)16-7-8-26-12(16)2/h4-9,14H,3,10-11H2,1-2H3,(H,20,24)(H,21,25)/t14-/m0/s1. The van der Waals surface area contributed by atoms with Gasteiger partial charge in [0.1, 0.15) is 5.76 Å². The van der Waals surface area contributed by atoms with Crippen molar-refractivity contribution in [3.63, 3.8) is 0 Å². The van der Waals surface area contributed by atoms with Gasteiger partial charge in [-0.2, -0.15) is 0 Å². The van der Waals surface area contributed by atoms with Gasteiger partial charge in [0.2, 0.25) is 11.8 Å². The number of nitrogens with one attached hydrogen (secondary N) is 2. The van der Waals surface area contributed by atoms with Gasteiger partial charge in [-0.25, -0.2) is 0 Å². The summed E-state index contributed by atoms with van der Waals surface area (Å²) in [5, 5.41) is 0. The molecule has 0 spiro atoms. The van der Waals surface area contributed by atoms with E-state index in [2.05, 4.69) is 10.9 Å². The summed E-state index contributed by atoms with van der Waals surface area (Å²) in [6.07, 6.45) is 2.39. The normalized spacial score (nSPS) is 16.6. The third-order valence-electron chi connectivity index (χ3n) is 4.53. The smallest absolute Gasteiger partial charge is 0.273 e. The second-order valence-corrected chi connectivity index (χ2v) is 6.26. The van der Waals surface area contributed by atoms with E-state index in [0.717, 1.165) is 17.7 Å². The van der Waals surface area contributed by atoms with Crippen LogP contribution in [0.4, 0.5) is 5.69 Å². The van der Waals surface area contributed by atoms with Crippen LogP contribution >= 0.6 is 0 Å². The lowest BCUT2D eigenvalue weighted by atomic mass is 10.1. The van der Waals surface area contributed by atoms with E-state index in [1.165, 1.54) is 12.3 Å². The maximum Gasteiger partial charge on any atom is 0.273 e. The van der Waals surface area contributed by atoms with Crippen LogP contribution in [-0.4, -0.2) is 24.3 Å². The van der Waals surface area contributed by atoms with Crippen molar-refractivity contribution in [3.8, 4) is 0 Å². The minimum absolute atomic E-state index is 0.101. The third kappa shape index (κ3) is 3.61. The highest BCUT2D eigenvalue weighted by Gasteiger charge is 2.35. The summed E-state index contributed by atoms with van der Waals surface area (Å²) in [6, 6.07) is 9.25. The average molecular weight is 355 g/mol. The van der Waals surface area contributed by atoms with Crippen LogP contribution < -0.4 is 15.8 Å². The number of hydrogen-bond donors (Lipinski definition) is 2. The van der Waals surface area contributed by atoms with Crippen LogP contribution in [0.1, 0.15) is 35.0 Å². The molecule has 0 unspecified atom stereocenters. The fourth-order valence-corrected chi connectivity index (χ4v) is 2.99. The van der Waals surface area contributed by atoms with E-state index in [9.17, 15) is 14.4 Å². The van der Waals surface area contributed by atoms with Gasteiger partial charge >= 0.3 is 0 Å². The van der Waals surface area contributed by atoms with Crippen LogP contribution in [0.3, 0.4) is 0 Å². The van der Waals surface area contributed by atoms with Crippen molar-refractivity contribution in [3.05, 3.63) is 53.5 Å². The second kappa shape index (κ2) is 7.43. The van der Waals surface area contributed by atoms with Crippen LogP contribution in [0.2, 0.25) is 0 Å². The van der Waals surface area contributed by atoms with Crippen LogP contribution in [0, 0.1) is 12.8 Å². The van der Waals surface area contributed by atoms with Gasteiger partial charge in [-0.3, -0.25) is 25.2 Å². The summed E-state index contributed by atoms with van der Waals surface area (Å²) in [6.45, 7) is 4.00. The van der Waals surface area contributed by atoms with E-state index in [4.69, 9.17) is 4.42 Å². The van der Waals surface area contributed by atoms with Gasteiger partial charge in [-0.15, -0.1) is 0 Å². The molecule has 1 fully saturated rings. The first-order valence-electron chi connectivity index (χ1n) is 8.53. The molecule has 26 heavy (non-hydrogen) atoms. The number of benzene rings is 1. The SMILES string of the molecule is CCc1cccc(N2C[C@@H](C(=O)NNC(=O)c3ccoc3C)CC2=O)c1. The molecular weight excluding hydrogens is 334 g/mol. The first kappa shape index (κ1) is 17.7. The quantitative estimate of drug-likeness (QED) is 0.820. The lowest BCUT2D eigenvalue weighted by Gasteiger charge is -2.17. The number of aryl methyl sites for hydroxylation is 2. The molecule has 7 heteroatoms. The largest absolute Gasteiger partial charge is 0.469 e. The van der Waals surface area contributed by atoms with Crippen LogP contribution in [-0.2, 0) is 16.0 Å². The number of anilines is 1. The van der Waals surface area contributed by atoms with Crippen LogP contribution in [0.25, 0.3) is 0 Å². The summed E-state index contributed by atoms with van der Waals surface area (Å²) in [4.78, 5) is 38.2. The Labute approximate surface area is 151 Å². The monoisotopic (exact) mass is 355 g/mol. The predicted molar refractivity (Wildman–Crippen MR) is 95.3 cm³/mol. The van der Waals surface area contributed by atoms with Gasteiger partial charge in [0.15, 0.2) is 0 Å². The van der Waals surface area contributed by atoms with E-state index in [-0.39, 0.29) is 18.2 Å². The molecule has 0 aliphatic carbocycles. The Morgan fingerprint density at radius 1 is 1.27 bits per heavy atom. The Hall–Kier alpha value is -3.09. The molecule has 2 N–H and O–H groups in total. The minimum atomic E-state index is -0.515. The molecule has 1 aromatic carbocycles. The number of carbonyl (C=O) groups is 3. The Kier molecular flexibility index (Phi) is 5.06. The molecule has 3 rings (SSSR count). The summed E-state index contributed by atoms with van der Waals surface area (Å²) < 4.78 is 5.06. The number of carbonyl (C=O) groups excluding carboxylic acids is 3. The number of nitrogens with zero attached hydrogens (tertiary/aromatic N) is 1. The highest BCUT2D eigenvalue weighted by molar-refractivity contribution is 6.01. The van der Waals surface area contributed by atoms with Crippen molar-refractivity contribution in [2.24, 2.45) is 5.92 Å². The van der Waals surface area contributed by atoms with Crippen molar-refractivity contribution < 1.29 is 18.8 Å². The average Bonchev–Trinajstić information content (AvgIpc) is 3.25. The molecule has 1 aromatic heterocycles. The summed E-state index contributed by atoms with van der Waals surface area (Å²) in [5.74, 6) is -0.993. The van der Waals surface area contributed by atoms with E-state index in [0.29, 0.717) is 17.9 Å². The number of hydrazine groups is 1. The van der Waals surface area contributed by atoms with Crippen molar-refractivity contribution in [1.29, 1.82) is 0 Å². The topological polar surface area (TPSA) is 91.7 Å². The molecule has 136 valence electrons. The van der Waals surface area contributed by atoms with Gasteiger partial charge in [0.05, 0.1) is 17.7 Å². The van der Waals surface area contributed by atoms with Crippen molar-refractivity contribution >= 4 is 23.4 Å². The molecule has 2 heterocycles. The van der Waals surface area contributed by atoms with E-state index < -0.39 is 11.8 Å². The van der Waals surface area contributed by atoms with Gasteiger partial charge in [-0.1, -0.05) is 19.1 Å². The molecule has 1 saturated heterocycles. The maximum absolute atomic E-state index is 12.3. The number of rotatable bonds is 4. The van der Waals surface area contributed by atoms with Gasteiger partial charge in [0.25, 0.3) is 5.91 Å². The molecule has 1 atom stereocenters. The molecule has 3 amide bonds. The van der Waals surface area contributed by atoms with Crippen molar-refractivity contribution in [2.45, 2.75) is 26.7 Å². The Morgan fingerprint density at radius 2 is 2.08 bits per heavy atom. The molecule has 0 bridgehead atoms. The zero-order chi connectivity index (χ0) is 18.7. The minimum Gasteiger partial charge on any atom is -0.469 e. The third-order valence-corrected chi connectivity index (χ3v) is 4.53. The Morgan fingerprint density at radius 3 is 2.77 bits per heavy atom. The zero-order valence-electron chi connectivity index (χ0n) is 14.7. The highest BCUT2D eigenvalue weighted by Crippen LogP contribution is 2.26. The predicted octanol–water partition coefficient (Wildman–Crippen LogP) is 1.96. The summed E-state index contributed by atoms with van der Waals surface area (Å²) in [7, 11) is 0. The summed E-state index contributed by atoms with van der Waals surface area (Å²) >= 11 is 0.